The van der Waals surface area contributed by atoms with E-state index in [0.29, 0.717) is 18.0 Å². The third-order valence-corrected chi connectivity index (χ3v) is 4.73. The van der Waals surface area contributed by atoms with Crippen LogP contribution in [0.15, 0.2) is 0 Å². The SMILES string of the molecule is CC(C)N1[C@@H]2CNC[C@@H]2C[C@H]1C(=O)NCC1CC1.Cl. The number of amides is 1. The zero-order valence-corrected chi connectivity index (χ0v) is 12.7. The van der Waals surface area contributed by atoms with Crippen molar-refractivity contribution in [3.05, 3.63) is 0 Å². The van der Waals surface area contributed by atoms with Gasteiger partial charge in [-0.3, -0.25) is 9.69 Å². The molecule has 0 aromatic carbocycles. The predicted molar refractivity (Wildman–Crippen MR) is 78.5 cm³/mol. The first kappa shape index (κ1) is 15.1. The van der Waals surface area contributed by atoms with Crippen LogP contribution in [0, 0.1) is 11.8 Å². The van der Waals surface area contributed by atoms with Gasteiger partial charge < -0.3 is 10.6 Å². The Morgan fingerprint density at radius 2 is 2.11 bits per heavy atom. The van der Waals surface area contributed by atoms with Crippen molar-refractivity contribution < 1.29 is 4.79 Å². The molecule has 0 unspecified atom stereocenters. The zero-order chi connectivity index (χ0) is 12.7. The van der Waals surface area contributed by atoms with Crippen LogP contribution in [-0.2, 0) is 4.79 Å². The Hall–Kier alpha value is -0.320. The Morgan fingerprint density at radius 1 is 1.37 bits per heavy atom. The van der Waals surface area contributed by atoms with E-state index >= 15 is 0 Å². The average molecular weight is 288 g/mol. The van der Waals surface area contributed by atoms with Crippen molar-refractivity contribution in [2.24, 2.45) is 11.8 Å². The Kier molecular flexibility index (Phi) is 4.75. The van der Waals surface area contributed by atoms with Gasteiger partial charge in [0.15, 0.2) is 0 Å². The molecule has 0 aromatic rings. The molecule has 1 aliphatic carbocycles. The van der Waals surface area contributed by atoms with Crippen molar-refractivity contribution in [3.63, 3.8) is 0 Å². The molecule has 3 rings (SSSR count). The maximum atomic E-state index is 12.4. The predicted octanol–water partition coefficient (Wildman–Crippen LogP) is 1.01. The van der Waals surface area contributed by atoms with Gasteiger partial charge in [-0.15, -0.1) is 12.4 Å². The Labute approximate surface area is 122 Å². The molecule has 2 heterocycles. The fourth-order valence-corrected chi connectivity index (χ4v) is 3.62. The summed E-state index contributed by atoms with van der Waals surface area (Å²) >= 11 is 0. The van der Waals surface area contributed by atoms with Crippen LogP contribution in [-0.4, -0.2) is 48.6 Å². The molecule has 4 nitrogen and oxygen atoms in total. The molecular formula is C14H26ClN3O. The quantitative estimate of drug-likeness (QED) is 0.811. The smallest absolute Gasteiger partial charge is 0.237 e. The lowest BCUT2D eigenvalue weighted by molar-refractivity contribution is -0.126. The van der Waals surface area contributed by atoms with Crippen LogP contribution in [0.5, 0.6) is 0 Å². The van der Waals surface area contributed by atoms with Gasteiger partial charge in [-0.05, 0) is 51.5 Å². The molecule has 3 aliphatic rings. The van der Waals surface area contributed by atoms with Gasteiger partial charge >= 0.3 is 0 Å². The summed E-state index contributed by atoms with van der Waals surface area (Å²) in [6.07, 6.45) is 3.63. The number of fused-ring (bicyclic) bond motifs is 1. The third-order valence-electron chi connectivity index (χ3n) is 4.73. The van der Waals surface area contributed by atoms with Gasteiger partial charge in [-0.1, -0.05) is 0 Å². The van der Waals surface area contributed by atoms with E-state index in [4.69, 9.17) is 0 Å². The Bertz CT molecular complexity index is 333. The molecule has 2 N–H and O–H groups in total. The van der Waals surface area contributed by atoms with E-state index in [-0.39, 0.29) is 24.4 Å². The number of rotatable bonds is 4. The summed E-state index contributed by atoms with van der Waals surface area (Å²) in [4.78, 5) is 14.8. The standard InChI is InChI=1S/C14H25N3O.ClH/c1-9(2)17-12(5-11-7-15-8-13(11)17)14(18)16-6-10-3-4-10;/h9-13,15H,3-8H2,1-2H3,(H,16,18);1H/t11-,12-,13+;/m0./s1. The van der Waals surface area contributed by atoms with Crippen LogP contribution in [0.2, 0.25) is 0 Å². The lowest BCUT2D eigenvalue weighted by atomic mass is 10.0. The van der Waals surface area contributed by atoms with E-state index in [2.05, 4.69) is 29.4 Å². The lowest BCUT2D eigenvalue weighted by Gasteiger charge is -2.32. The molecule has 0 radical (unpaired) electrons. The van der Waals surface area contributed by atoms with Crippen molar-refractivity contribution in [3.8, 4) is 0 Å². The van der Waals surface area contributed by atoms with Crippen LogP contribution >= 0.6 is 12.4 Å². The van der Waals surface area contributed by atoms with Gasteiger partial charge in [0.25, 0.3) is 0 Å². The van der Waals surface area contributed by atoms with Crippen molar-refractivity contribution in [1.82, 2.24) is 15.5 Å². The van der Waals surface area contributed by atoms with Crippen molar-refractivity contribution in [1.29, 1.82) is 0 Å². The van der Waals surface area contributed by atoms with Gasteiger partial charge in [-0.2, -0.15) is 0 Å². The van der Waals surface area contributed by atoms with Gasteiger partial charge in [0.1, 0.15) is 0 Å². The van der Waals surface area contributed by atoms with E-state index in [0.717, 1.165) is 32.0 Å². The molecule has 0 spiro atoms. The van der Waals surface area contributed by atoms with E-state index in [1.807, 2.05) is 0 Å². The van der Waals surface area contributed by atoms with Crippen molar-refractivity contribution in [2.75, 3.05) is 19.6 Å². The minimum atomic E-state index is 0. The van der Waals surface area contributed by atoms with Gasteiger partial charge in [0, 0.05) is 25.2 Å². The molecule has 19 heavy (non-hydrogen) atoms. The topological polar surface area (TPSA) is 44.4 Å². The Balaban J connectivity index is 0.00000133. The fourth-order valence-electron chi connectivity index (χ4n) is 3.62. The molecule has 2 saturated heterocycles. The van der Waals surface area contributed by atoms with Crippen molar-refractivity contribution in [2.45, 2.75) is 51.2 Å². The second kappa shape index (κ2) is 5.98. The summed E-state index contributed by atoms with van der Waals surface area (Å²) in [5, 5.41) is 6.62. The van der Waals surface area contributed by atoms with Crippen LogP contribution in [0.25, 0.3) is 0 Å². The second-order valence-corrected chi connectivity index (χ2v) is 6.47. The monoisotopic (exact) mass is 287 g/mol. The summed E-state index contributed by atoms with van der Waals surface area (Å²) in [7, 11) is 0. The van der Waals surface area contributed by atoms with Crippen molar-refractivity contribution >= 4 is 18.3 Å². The molecule has 3 fully saturated rings. The number of nitrogens with zero attached hydrogens (tertiary/aromatic N) is 1. The molecular weight excluding hydrogens is 262 g/mol. The van der Waals surface area contributed by atoms with Crippen LogP contribution in [0.3, 0.4) is 0 Å². The van der Waals surface area contributed by atoms with E-state index in [1.165, 1.54) is 12.8 Å². The number of carbonyl (C=O) groups is 1. The zero-order valence-electron chi connectivity index (χ0n) is 11.9. The first-order chi connectivity index (χ1) is 8.66. The molecule has 110 valence electrons. The largest absolute Gasteiger partial charge is 0.354 e. The van der Waals surface area contributed by atoms with Gasteiger partial charge in [0.05, 0.1) is 6.04 Å². The summed E-state index contributed by atoms with van der Waals surface area (Å²) in [6, 6.07) is 1.14. The highest BCUT2D eigenvalue weighted by Gasteiger charge is 2.47. The van der Waals surface area contributed by atoms with Gasteiger partial charge in [0.2, 0.25) is 5.91 Å². The maximum absolute atomic E-state index is 12.4. The molecule has 0 bridgehead atoms. The first-order valence-corrected chi connectivity index (χ1v) is 7.42. The second-order valence-electron chi connectivity index (χ2n) is 6.47. The van der Waals surface area contributed by atoms with Crippen LogP contribution < -0.4 is 10.6 Å². The number of nitrogens with one attached hydrogen (secondary N) is 2. The first-order valence-electron chi connectivity index (χ1n) is 7.42. The normalized spacial score (nSPS) is 34.2. The summed E-state index contributed by atoms with van der Waals surface area (Å²) in [5.74, 6) is 1.71. The maximum Gasteiger partial charge on any atom is 0.237 e. The van der Waals surface area contributed by atoms with E-state index in [1.54, 1.807) is 0 Å². The fraction of sp³-hybridized carbons (Fsp3) is 0.929. The van der Waals surface area contributed by atoms with E-state index in [9.17, 15) is 4.79 Å². The lowest BCUT2D eigenvalue weighted by Crippen LogP contribution is -2.50. The number of halogens is 1. The van der Waals surface area contributed by atoms with Crippen LogP contribution in [0.1, 0.15) is 33.1 Å². The summed E-state index contributed by atoms with van der Waals surface area (Å²) in [6.45, 7) is 7.45. The molecule has 3 atom stereocenters. The number of likely N-dealkylation sites (tertiary alicyclic amines) is 1. The van der Waals surface area contributed by atoms with E-state index < -0.39 is 0 Å². The molecule has 1 saturated carbocycles. The molecule has 2 aliphatic heterocycles. The summed E-state index contributed by atoms with van der Waals surface area (Å²) in [5.41, 5.74) is 0. The average Bonchev–Trinajstić information content (AvgIpc) is 2.91. The minimum absolute atomic E-state index is 0. The molecule has 0 aromatic heterocycles. The van der Waals surface area contributed by atoms with Crippen LogP contribution in [0.4, 0.5) is 0 Å². The van der Waals surface area contributed by atoms with Gasteiger partial charge in [-0.25, -0.2) is 0 Å². The third kappa shape index (κ3) is 3.06. The number of hydrogen-bond donors (Lipinski definition) is 2. The number of hydrogen-bond acceptors (Lipinski definition) is 3. The summed E-state index contributed by atoms with van der Waals surface area (Å²) < 4.78 is 0. The minimum Gasteiger partial charge on any atom is -0.354 e. The highest BCUT2D eigenvalue weighted by molar-refractivity contribution is 5.85. The highest BCUT2D eigenvalue weighted by atomic mass is 35.5. The molecule has 5 heteroatoms. The Morgan fingerprint density at radius 3 is 2.74 bits per heavy atom. The number of carbonyl (C=O) groups excluding carboxylic acids is 1. The highest BCUT2D eigenvalue weighted by Crippen LogP contribution is 2.34. The molecule has 1 amide bonds.